The number of nitrogen functional groups attached to an aromatic ring is 1. The van der Waals surface area contributed by atoms with Gasteiger partial charge in [-0.3, -0.25) is 4.79 Å². The summed E-state index contributed by atoms with van der Waals surface area (Å²) in [6.45, 7) is 2.03. The van der Waals surface area contributed by atoms with E-state index in [1.54, 1.807) is 6.08 Å². The molecule has 0 spiro atoms. The normalized spacial score (nSPS) is 10.6. The highest BCUT2D eigenvalue weighted by atomic mass is 16.1. The van der Waals surface area contributed by atoms with Crippen LogP contribution in [0.3, 0.4) is 0 Å². The van der Waals surface area contributed by atoms with Crippen LogP contribution in [-0.4, -0.2) is 5.91 Å². The molecule has 0 bridgehead atoms. The molecule has 3 nitrogen and oxygen atoms in total. The van der Waals surface area contributed by atoms with Crippen molar-refractivity contribution in [3.8, 4) is 0 Å². The average Bonchev–Trinajstić information content (AvgIpc) is 2.16. The van der Waals surface area contributed by atoms with Crippen molar-refractivity contribution in [3.05, 3.63) is 35.4 Å². The van der Waals surface area contributed by atoms with Crippen LogP contribution in [0.15, 0.2) is 24.3 Å². The first-order chi connectivity index (χ1) is 6.63. The standard InChI is InChI=1S/C11H14N2O/c1-2-9-7-8(3-5-10(9)12)4-6-11(13)14/h3-7H,2,12H2,1H3,(H2,13,14). The molecule has 0 fully saturated rings. The van der Waals surface area contributed by atoms with E-state index in [-0.39, 0.29) is 0 Å². The lowest BCUT2D eigenvalue weighted by atomic mass is 10.1. The number of amides is 1. The number of rotatable bonds is 3. The molecule has 1 aromatic carbocycles. The van der Waals surface area contributed by atoms with E-state index in [1.165, 1.54) is 6.08 Å². The molecular weight excluding hydrogens is 176 g/mol. The first-order valence-electron chi connectivity index (χ1n) is 4.49. The maximum absolute atomic E-state index is 10.5. The fourth-order valence-corrected chi connectivity index (χ4v) is 1.21. The number of anilines is 1. The zero-order valence-corrected chi connectivity index (χ0v) is 8.16. The number of carbonyl (C=O) groups is 1. The first kappa shape index (κ1) is 10.3. The van der Waals surface area contributed by atoms with Crippen molar-refractivity contribution in [3.63, 3.8) is 0 Å². The number of hydrogen-bond acceptors (Lipinski definition) is 2. The lowest BCUT2D eigenvalue weighted by molar-refractivity contribution is -0.113. The minimum atomic E-state index is -0.445. The molecule has 0 aliphatic heterocycles. The molecule has 0 radical (unpaired) electrons. The van der Waals surface area contributed by atoms with E-state index in [4.69, 9.17) is 11.5 Å². The van der Waals surface area contributed by atoms with Crippen LogP contribution in [0.5, 0.6) is 0 Å². The van der Waals surface area contributed by atoms with E-state index in [1.807, 2.05) is 25.1 Å². The van der Waals surface area contributed by atoms with Crippen LogP contribution >= 0.6 is 0 Å². The van der Waals surface area contributed by atoms with Crippen LogP contribution < -0.4 is 11.5 Å². The number of hydrogen-bond donors (Lipinski definition) is 2. The van der Waals surface area contributed by atoms with Crippen LogP contribution in [-0.2, 0) is 11.2 Å². The Labute approximate surface area is 83.4 Å². The zero-order chi connectivity index (χ0) is 10.6. The van der Waals surface area contributed by atoms with Crippen molar-refractivity contribution >= 4 is 17.7 Å². The molecule has 1 amide bonds. The summed E-state index contributed by atoms with van der Waals surface area (Å²) in [5, 5.41) is 0. The van der Waals surface area contributed by atoms with Crippen molar-refractivity contribution < 1.29 is 4.79 Å². The Morgan fingerprint density at radius 1 is 1.50 bits per heavy atom. The molecule has 0 aromatic heterocycles. The summed E-state index contributed by atoms with van der Waals surface area (Å²) in [7, 11) is 0. The van der Waals surface area contributed by atoms with Gasteiger partial charge in [-0.25, -0.2) is 0 Å². The fraction of sp³-hybridized carbons (Fsp3) is 0.182. The van der Waals surface area contributed by atoms with Crippen LogP contribution in [0.25, 0.3) is 6.08 Å². The molecule has 1 aromatic rings. The van der Waals surface area contributed by atoms with Crippen LogP contribution in [0, 0.1) is 0 Å². The van der Waals surface area contributed by atoms with E-state index in [0.29, 0.717) is 0 Å². The monoisotopic (exact) mass is 190 g/mol. The van der Waals surface area contributed by atoms with Gasteiger partial charge < -0.3 is 11.5 Å². The molecule has 0 unspecified atom stereocenters. The number of primary amides is 1. The van der Waals surface area contributed by atoms with Gasteiger partial charge in [0.1, 0.15) is 0 Å². The molecule has 0 aliphatic carbocycles. The molecular formula is C11H14N2O. The van der Waals surface area contributed by atoms with Gasteiger partial charge in [-0.1, -0.05) is 13.0 Å². The summed E-state index contributed by atoms with van der Waals surface area (Å²) in [4.78, 5) is 10.5. The van der Waals surface area contributed by atoms with Crippen LogP contribution in [0.4, 0.5) is 5.69 Å². The minimum absolute atomic E-state index is 0.445. The maximum atomic E-state index is 10.5. The molecule has 3 heteroatoms. The molecule has 0 saturated carbocycles. The Kier molecular flexibility index (Phi) is 3.29. The highest BCUT2D eigenvalue weighted by Gasteiger charge is 1.96. The van der Waals surface area contributed by atoms with Gasteiger partial charge in [0.2, 0.25) is 5.91 Å². The lowest BCUT2D eigenvalue weighted by Crippen LogP contribution is -2.05. The van der Waals surface area contributed by atoms with E-state index in [9.17, 15) is 4.79 Å². The number of carbonyl (C=O) groups excluding carboxylic acids is 1. The fourth-order valence-electron chi connectivity index (χ4n) is 1.21. The summed E-state index contributed by atoms with van der Waals surface area (Å²) >= 11 is 0. The van der Waals surface area contributed by atoms with Gasteiger partial charge in [-0.05, 0) is 35.8 Å². The van der Waals surface area contributed by atoms with Gasteiger partial charge in [0, 0.05) is 11.8 Å². The molecule has 0 aliphatic rings. The van der Waals surface area contributed by atoms with Gasteiger partial charge in [-0.15, -0.1) is 0 Å². The summed E-state index contributed by atoms with van der Waals surface area (Å²) in [6.07, 6.45) is 3.90. The Hall–Kier alpha value is -1.77. The molecule has 0 heterocycles. The third kappa shape index (κ3) is 2.62. The van der Waals surface area contributed by atoms with E-state index in [2.05, 4.69) is 0 Å². The van der Waals surface area contributed by atoms with Gasteiger partial charge in [-0.2, -0.15) is 0 Å². The van der Waals surface area contributed by atoms with Crippen molar-refractivity contribution in [1.29, 1.82) is 0 Å². The first-order valence-corrected chi connectivity index (χ1v) is 4.49. The molecule has 0 atom stereocenters. The van der Waals surface area contributed by atoms with Crippen molar-refractivity contribution in [2.45, 2.75) is 13.3 Å². The summed E-state index contributed by atoms with van der Waals surface area (Å²) < 4.78 is 0. The van der Waals surface area contributed by atoms with Gasteiger partial charge in [0.05, 0.1) is 0 Å². The quantitative estimate of drug-likeness (QED) is 0.557. The molecule has 0 saturated heterocycles. The molecule has 1 rings (SSSR count). The van der Waals surface area contributed by atoms with Crippen LogP contribution in [0.2, 0.25) is 0 Å². The van der Waals surface area contributed by atoms with Crippen molar-refractivity contribution in [2.75, 3.05) is 5.73 Å². The minimum Gasteiger partial charge on any atom is -0.399 e. The Morgan fingerprint density at radius 3 is 2.79 bits per heavy atom. The van der Waals surface area contributed by atoms with Gasteiger partial charge >= 0.3 is 0 Å². The number of aryl methyl sites for hydroxylation is 1. The number of benzene rings is 1. The molecule has 4 N–H and O–H groups in total. The predicted octanol–water partition coefficient (Wildman–Crippen LogP) is 1.33. The highest BCUT2D eigenvalue weighted by molar-refractivity contribution is 5.90. The summed E-state index contributed by atoms with van der Waals surface area (Å²) in [5.74, 6) is -0.445. The van der Waals surface area contributed by atoms with Crippen molar-refractivity contribution in [1.82, 2.24) is 0 Å². The third-order valence-electron chi connectivity index (χ3n) is 1.99. The van der Waals surface area contributed by atoms with E-state index < -0.39 is 5.91 Å². The highest BCUT2D eigenvalue weighted by Crippen LogP contribution is 2.15. The Balaban J connectivity index is 2.95. The molecule has 14 heavy (non-hydrogen) atoms. The topological polar surface area (TPSA) is 69.1 Å². The largest absolute Gasteiger partial charge is 0.399 e. The number of nitrogens with two attached hydrogens (primary N) is 2. The predicted molar refractivity (Wildman–Crippen MR) is 58.5 cm³/mol. The van der Waals surface area contributed by atoms with Crippen molar-refractivity contribution in [2.24, 2.45) is 5.73 Å². The SMILES string of the molecule is CCc1cc(C=CC(N)=O)ccc1N. The summed E-state index contributed by atoms with van der Waals surface area (Å²) in [6, 6.07) is 5.64. The Morgan fingerprint density at radius 2 is 2.21 bits per heavy atom. The van der Waals surface area contributed by atoms with E-state index in [0.717, 1.165) is 23.2 Å². The maximum Gasteiger partial charge on any atom is 0.241 e. The second kappa shape index (κ2) is 4.46. The summed E-state index contributed by atoms with van der Waals surface area (Å²) in [5.41, 5.74) is 13.5. The Bertz CT molecular complexity index is 370. The lowest BCUT2D eigenvalue weighted by Gasteiger charge is -2.03. The van der Waals surface area contributed by atoms with Crippen LogP contribution in [0.1, 0.15) is 18.1 Å². The second-order valence-corrected chi connectivity index (χ2v) is 3.05. The van der Waals surface area contributed by atoms with E-state index >= 15 is 0 Å². The van der Waals surface area contributed by atoms with Gasteiger partial charge in [0.15, 0.2) is 0 Å². The third-order valence-corrected chi connectivity index (χ3v) is 1.99. The smallest absolute Gasteiger partial charge is 0.241 e. The second-order valence-electron chi connectivity index (χ2n) is 3.05. The van der Waals surface area contributed by atoms with Gasteiger partial charge in [0.25, 0.3) is 0 Å². The molecule has 74 valence electrons. The zero-order valence-electron chi connectivity index (χ0n) is 8.16. The average molecular weight is 190 g/mol.